The zero-order chi connectivity index (χ0) is 9.14. The van der Waals surface area contributed by atoms with E-state index in [4.69, 9.17) is 27.9 Å². The highest BCUT2D eigenvalue weighted by atomic mass is 35.5. The van der Waals surface area contributed by atoms with Crippen molar-refractivity contribution in [1.82, 2.24) is 9.97 Å². The standard InChI is InChI=1S/C7H8Cl2N2O/c1-4-10-6(9)5(3-8)7(11-4)12-2/h3H2,1-2H3. The molecule has 0 fully saturated rings. The van der Waals surface area contributed by atoms with Gasteiger partial charge in [-0.3, -0.25) is 0 Å². The summed E-state index contributed by atoms with van der Waals surface area (Å²) in [6, 6.07) is 0. The number of hydrogen-bond donors (Lipinski definition) is 0. The van der Waals surface area contributed by atoms with Gasteiger partial charge in [-0.2, -0.15) is 4.98 Å². The maximum Gasteiger partial charge on any atom is 0.222 e. The minimum absolute atomic E-state index is 0.252. The van der Waals surface area contributed by atoms with Crippen molar-refractivity contribution in [3.8, 4) is 5.88 Å². The molecule has 0 saturated carbocycles. The van der Waals surface area contributed by atoms with E-state index >= 15 is 0 Å². The maximum atomic E-state index is 5.80. The second kappa shape index (κ2) is 3.92. The number of nitrogens with zero attached hydrogens (tertiary/aromatic N) is 2. The van der Waals surface area contributed by atoms with Gasteiger partial charge in [-0.05, 0) is 6.92 Å². The molecule has 66 valence electrons. The highest BCUT2D eigenvalue weighted by Gasteiger charge is 2.10. The van der Waals surface area contributed by atoms with E-state index in [9.17, 15) is 0 Å². The lowest BCUT2D eigenvalue weighted by atomic mass is 10.3. The Morgan fingerprint density at radius 2 is 2.08 bits per heavy atom. The molecule has 1 rings (SSSR count). The molecule has 0 spiro atoms. The first-order chi connectivity index (χ1) is 5.69. The van der Waals surface area contributed by atoms with Crippen molar-refractivity contribution >= 4 is 23.2 Å². The van der Waals surface area contributed by atoms with Crippen LogP contribution < -0.4 is 4.74 Å². The Hall–Kier alpha value is -0.540. The largest absolute Gasteiger partial charge is 0.481 e. The third kappa shape index (κ3) is 1.79. The fourth-order valence-corrected chi connectivity index (χ4v) is 1.40. The summed E-state index contributed by atoms with van der Waals surface area (Å²) in [4.78, 5) is 7.96. The molecule has 0 N–H and O–H groups in total. The third-order valence-corrected chi connectivity index (χ3v) is 1.94. The number of rotatable bonds is 2. The number of aromatic nitrogens is 2. The van der Waals surface area contributed by atoms with Gasteiger partial charge in [0.15, 0.2) is 0 Å². The molecule has 0 bridgehead atoms. The summed E-state index contributed by atoms with van der Waals surface area (Å²) in [5.41, 5.74) is 0.631. The van der Waals surface area contributed by atoms with Crippen LogP contribution in [-0.2, 0) is 5.88 Å². The second-order valence-electron chi connectivity index (χ2n) is 2.18. The lowest BCUT2D eigenvalue weighted by Crippen LogP contribution is -1.99. The normalized spacial score (nSPS) is 10.0. The topological polar surface area (TPSA) is 35.0 Å². The summed E-state index contributed by atoms with van der Waals surface area (Å²) < 4.78 is 4.98. The molecule has 1 heterocycles. The van der Waals surface area contributed by atoms with E-state index in [2.05, 4.69) is 9.97 Å². The minimum Gasteiger partial charge on any atom is -0.481 e. The smallest absolute Gasteiger partial charge is 0.222 e. The lowest BCUT2D eigenvalue weighted by Gasteiger charge is -2.06. The number of aryl methyl sites for hydroxylation is 1. The summed E-state index contributed by atoms with van der Waals surface area (Å²) in [5, 5.41) is 0.356. The van der Waals surface area contributed by atoms with E-state index in [1.165, 1.54) is 7.11 Å². The van der Waals surface area contributed by atoms with Gasteiger partial charge in [-0.25, -0.2) is 4.98 Å². The Morgan fingerprint density at radius 1 is 1.42 bits per heavy atom. The van der Waals surface area contributed by atoms with Gasteiger partial charge in [0, 0.05) is 0 Å². The monoisotopic (exact) mass is 206 g/mol. The first-order valence-corrected chi connectivity index (χ1v) is 4.23. The van der Waals surface area contributed by atoms with Gasteiger partial charge in [0.2, 0.25) is 5.88 Å². The molecule has 0 aliphatic heterocycles. The Bertz CT molecular complexity index is 291. The van der Waals surface area contributed by atoms with Crippen LogP contribution in [0.5, 0.6) is 5.88 Å². The van der Waals surface area contributed by atoms with Crippen LogP contribution in [0.25, 0.3) is 0 Å². The van der Waals surface area contributed by atoms with Crippen LogP contribution in [0.1, 0.15) is 11.4 Å². The van der Waals surface area contributed by atoms with Gasteiger partial charge < -0.3 is 4.74 Å². The van der Waals surface area contributed by atoms with E-state index in [-0.39, 0.29) is 5.88 Å². The highest BCUT2D eigenvalue weighted by Crippen LogP contribution is 2.24. The Kier molecular flexibility index (Phi) is 3.12. The molecule has 0 aliphatic carbocycles. The molecule has 3 nitrogen and oxygen atoms in total. The summed E-state index contributed by atoms with van der Waals surface area (Å²) in [7, 11) is 1.52. The van der Waals surface area contributed by atoms with Crippen LogP contribution in [0.2, 0.25) is 5.15 Å². The average molecular weight is 207 g/mol. The zero-order valence-corrected chi connectivity index (χ0v) is 8.28. The summed E-state index contributed by atoms with van der Waals surface area (Å²) in [5.74, 6) is 1.27. The van der Waals surface area contributed by atoms with Crippen LogP contribution in [0.15, 0.2) is 0 Å². The van der Waals surface area contributed by atoms with Crippen LogP contribution in [0.4, 0.5) is 0 Å². The fraction of sp³-hybridized carbons (Fsp3) is 0.429. The van der Waals surface area contributed by atoms with Crippen LogP contribution in [0.3, 0.4) is 0 Å². The quantitative estimate of drug-likeness (QED) is 0.550. The van der Waals surface area contributed by atoms with Crippen molar-refractivity contribution in [1.29, 1.82) is 0 Å². The van der Waals surface area contributed by atoms with Crippen molar-refractivity contribution in [2.75, 3.05) is 7.11 Å². The zero-order valence-electron chi connectivity index (χ0n) is 6.77. The van der Waals surface area contributed by atoms with Crippen molar-refractivity contribution in [2.24, 2.45) is 0 Å². The van der Waals surface area contributed by atoms with Crippen LogP contribution >= 0.6 is 23.2 Å². The molecular formula is C7H8Cl2N2O. The Morgan fingerprint density at radius 3 is 2.58 bits per heavy atom. The van der Waals surface area contributed by atoms with E-state index in [0.29, 0.717) is 22.4 Å². The SMILES string of the molecule is COc1nc(C)nc(Cl)c1CCl. The van der Waals surface area contributed by atoms with Crippen LogP contribution in [-0.4, -0.2) is 17.1 Å². The van der Waals surface area contributed by atoms with Crippen molar-refractivity contribution in [3.05, 3.63) is 16.5 Å². The van der Waals surface area contributed by atoms with Gasteiger partial charge >= 0.3 is 0 Å². The molecule has 1 aromatic rings. The van der Waals surface area contributed by atoms with Gasteiger partial charge in [0.25, 0.3) is 0 Å². The van der Waals surface area contributed by atoms with Gasteiger partial charge in [-0.1, -0.05) is 11.6 Å². The number of ether oxygens (including phenoxy) is 1. The molecular weight excluding hydrogens is 199 g/mol. The Balaban J connectivity index is 3.24. The summed E-state index contributed by atoms with van der Waals surface area (Å²) in [6.45, 7) is 1.74. The molecule has 0 aliphatic rings. The fourth-order valence-electron chi connectivity index (χ4n) is 0.818. The molecule has 1 aromatic heterocycles. The van der Waals surface area contributed by atoms with E-state index in [0.717, 1.165) is 0 Å². The first-order valence-electron chi connectivity index (χ1n) is 3.32. The lowest BCUT2D eigenvalue weighted by molar-refractivity contribution is 0.391. The number of methoxy groups -OCH3 is 1. The Labute approximate surface area is 80.7 Å². The summed E-state index contributed by atoms with van der Waals surface area (Å²) >= 11 is 11.4. The highest BCUT2D eigenvalue weighted by molar-refractivity contribution is 6.31. The first kappa shape index (κ1) is 9.55. The van der Waals surface area contributed by atoms with Gasteiger partial charge in [0.05, 0.1) is 18.6 Å². The summed E-state index contributed by atoms with van der Waals surface area (Å²) in [6.07, 6.45) is 0. The molecule has 0 atom stereocenters. The minimum atomic E-state index is 0.252. The number of halogens is 2. The van der Waals surface area contributed by atoms with Gasteiger partial charge in [-0.15, -0.1) is 11.6 Å². The second-order valence-corrected chi connectivity index (χ2v) is 2.81. The van der Waals surface area contributed by atoms with Crippen molar-refractivity contribution in [3.63, 3.8) is 0 Å². The van der Waals surface area contributed by atoms with Crippen LogP contribution in [0, 0.1) is 6.92 Å². The van der Waals surface area contributed by atoms with Gasteiger partial charge in [0.1, 0.15) is 11.0 Å². The van der Waals surface area contributed by atoms with E-state index in [1.807, 2.05) is 0 Å². The van der Waals surface area contributed by atoms with Crippen molar-refractivity contribution < 1.29 is 4.74 Å². The molecule has 0 saturated heterocycles. The predicted molar refractivity (Wildman–Crippen MR) is 47.9 cm³/mol. The molecule has 0 radical (unpaired) electrons. The third-order valence-electron chi connectivity index (χ3n) is 1.36. The average Bonchev–Trinajstić information content (AvgIpc) is 2.03. The van der Waals surface area contributed by atoms with Crippen molar-refractivity contribution in [2.45, 2.75) is 12.8 Å². The number of hydrogen-bond acceptors (Lipinski definition) is 3. The molecule has 0 unspecified atom stereocenters. The number of alkyl halides is 1. The molecule has 5 heteroatoms. The molecule has 0 amide bonds. The van der Waals surface area contributed by atoms with E-state index in [1.54, 1.807) is 6.92 Å². The maximum absolute atomic E-state index is 5.80. The van der Waals surface area contributed by atoms with E-state index < -0.39 is 0 Å². The molecule has 0 aromatic carbocycles. The molecule has 12 heavy (non-hydrogen) atoms. The predicted octanol–water partition coefficient (Wildman–Crippen LogP) is 2.19.